The SMILES string of the molecule is CCCCNCc1c(C)n(Cc2ccc(Cl)cc2Cl)c2ccccc12. The third-order valence-corrected chi connectivity index (χ3v) is 5.30. The summed E-state index contributed by atoms with van der Waals surface area (Å²) in [4.78, 5) is 0. The van der Waals surface area contributed by atoms with E-state index in [0.717, 1.165) is 25.2 Å². The summed E-state index contributed by atoms with van der Waals surface area (Å²) in [6, 6.07) is 14.3. The molecule has 0 spiro atoms. The summed E-state index contributed by atoms with van der Waals surface area (Å²) in [5.41, 5.74) is 4.99. The molecule has 25 heavy (non-hydrogen) atoms. The van der Waals surface area contributed by atoms with Gasteiger partial charge >= 0.3 is 0 Å². The van der Waals surface area contributed by atoms with Crippen LogP contribution in [0.3, 0.4) is 0 Å². The normalized spacial score (nSPS) is 11.4. The molecule has 2 nitrogen and oxygen atoms in total. The second-order valence-electron chi connectivity index (χ2n) is 6.43. The maximum Gasteiger partial charge on any atom is 0.0493 e. The van der Waals surface area contributed by atoms with Gasteiger partial charge in [0.2, 0.25) is 0 Å². The Kier molecular flexibility index (Phi) is 6.06. The second kappa shape index (κ2) is 8.27. The summed E-state index contributed by atoms with van der Waals surface area (Å²) < 4.78 is 2.35. The molecule has 0 unspecified atom stereocenters. The molecule has 0 atom stereocenters. The fourth-order valence-electron chi connectivity index (χ4n) is 3.26. The highest BCUT2D eigenvalue weighted by Gasteiger charge is 2.14. The number of halogens is 2. The van der Waals surface area contributed by atoms with Crippen molar-refractivity contribution in [2.45, 2.75) is 39.8 Å². The Morgan fingerprint density at radius 1 is 1.08 bits per heavy atom. The highest BCUT2D eigenvalue weighted by atomic mass is 35.5. The molecule has 1 N–H and O–H groups in total. The van der Waals surface area contributed by atoms with Crippen molar-refractivity contribution in [2.75, 3.05) is 6.54 Å². The van der Waals surface area contributed by atoms with Gasteiger partial charge in [-0.25, -0.2) is 0 Å². The second-order valence-corrected chi connectivity index (χ2v) is 7.28. The van der Waals surface area contributed by atoms with Gasteiger partial charge in [0.05, 0.1) is 0 Å². The summed E-state index contributed by atoms with van der Waals surface area (Å²) in [5.74, 6) is 0. The van der Waals surface area contributed by atoms with Crippen LogP contribution in [0.15, 0.2) is 42.5 Å². The van der Waals surface area contributed by atoms with Gasteiger partial charge in [0.1, 0.15) is 0 Å². The molecule has 0 aliphatic carbocycles. The lowest BCUT2D eigenvalue weighted by atomic mass is 10.1. The Morgan fingerprint density at radius 3 is 2.64 bits per heavy atom. The predicted octanol–water partition coefficient (Wildman–Crippen LogP) is 6.19. The fourth-order valence-corrected chi connectivity index (χ4v) is 3.73. The predicted molar refractivity (Wildman–Crippen MR) is 109 cm³/mol. The first kappa shape index (κ1) is 18.3. The van der Waals surface area contributed by atoms with E-state index in [4.69, 9.17) is 23.2 Å². The fraction of sp³-hybridized carbons (Fsp3) is 0.333. The quantitative estimate of drug-likeness (QED) is 0.487. The van der Waals surface area contributed by atoms with Gasteiger partial charge in [0, 0.05) is 39.7 Å². The topological polar surface area (TPSA) is 17.0 Å². The highest BCUT2D eigenvalue weighted by Crippen LogP contribution is 2.29. The van der Waals surface area contributed by atoms with Crippen LogP contribution in [0.2, 0.25) is 10.0 Å². The van der Waals surface area contributed by atoms with E-state index in [0.29, 0.717) is 10.0 Å². The monoisotopic (exact) mass is 374 g/mol. The number of hydrogen-bond donors (Lipinski definition) is 1. The molecule has 3 rings (SSSR count). The van der Waals surface area contributed by atoms with Crippen LogP contribution in [0, 0.1) is 6.92 Å². The van der Waals surface area contributed by atoms with Gasteiger partial charge in [-0.2, -0.15) is 0 Å². The third kappa shape index (κ3) is 4.03. The Morgan fingerprint density at radius 2 is 1.88 bits per heavy atom. The maximum absolute atomic E-state index is 6.40. The number of hydrogen-bond acceptors (Lipinski definition) is 1. The first-order valence-electron chi connectivity index (χ1n) is 8.83. The van der Waals surface area contributed by atoms with Crippen molar-refractivity contribution in [3.63, 3.8) is 0 Å². The van der Waals surface area contributed by atoms with Crippen LogP contribution in [-0.2, 0) is 13.1 Å². The minimum atomic E-state index is 0.670. The lowest BCUT2D eigenvalue weighted by Crippen LogP contribution is -2.15. The number of fused-ring (bicyclic) bond motifs is 1. The molecule has 0 bridgehead atoms. The molecule has 0 saturated carbocycles. The average molecular weight is 375 g/mol. The number of nitrogens with zero attached hydrogens (tertiary/aromatic N) is 1. The van der Waals surface area contributed by atoms with Gasteiger partial charge in [-0.1, -0.05) is 60.8 Å². The van der Waals surface area contributed by atoms with Gasteiger partial charge in [-0.15, -0.1) is 0 Å². The molecule has 0 radical (unpaired) electrons. The summed E-state index contributed by atoms with van der Waals surface area (Å²) in [5, 5.41) is 6.27. The molecule has 0 fully saturated rings. The van der Waals surface area contributed by atoms with Crippen LogP contribution in [0.25, 0.3) is 10.9 Å². The Labute approximate surface area is 159 Å². The van der Waals surface area contributed by atoms with Crippen LogP contribution < -0.4 is 5.32 Å². The van der Waals surface area contributed by atoms with Gasteiger partial charge in [-0.3, -0.25) is 0 Å². The van der Waals surface area contributed by atoms with Crippen molar-refractivity contribution in [2.24, 2.45) is 0 Å². The van der Waals surface area contributed by atoms with E-state index in [-0.39, 0.29) is 0 Å². The van der Waals surface area contributed by atoms with Crippen LogP contribution >= 0.6 is 23.2 Å². The van der Waals surface area contributed by atoms with E-state index >= 15 is 0 Å². The van der Waals surface area contributed by atoms with E-state index in [1.165, 1.54) is 35.0 Å². The molecule has 0 aliphatic heterocycles. The van der Waals surface area contributed by atoms with Crippen LogP contribution in [0.1, 0.15) is 36.6 Å². The summed E-state index contributed by atoms with van der Waals surface area (Å²) >= 11 is 12.4. The molecular weight excluding hydrogens is 351 g/mol. The van der Waals surface area contributed by atoms with Crippen LogP contribution in [-0.4, -0.2) is 11.1 Å². The molecule has 0 amide bonds. The number of rotatable bonds is 7. The zero-order valence-corrected chi connectivity index (χ0v) is 16.3. The van der Waals surface area contributed by atoms with Crippen molar-refractivity contribution >= 4 is 34.1 Å². The molecule has 1 aromatic heterocycles. The smallest absolute Gasteiger partial charge is 0.0493 e. The van der Waals surface area contributed by atoms with Crippen molar-refractivity contribution in [3.05, 3.63) is 69.3 Å². The zero-order chi connectivity index (χ0) is 17.8. The van der Waals surface area contributed by atoms with Crippen molar-refractivity contribution in [3.8, 4) is 0 Å². The Hall–Kier alpha value is -1.48. The highest BCUT2D eigenvalue weighted by molar-refractivity contribution is 6.35. The van der Waals surface area contributed by atoms with Crippen LogP contribution in [0.5, 0.6) is 0 Å². The molecular formula is C21H24Cl2N2. The molecule has 0 saturated heterocycles. The summed E-state index contributed by atoms with van der Waals surface area (Å²) in [7, 11) is 0. The largest absolute Gasteiger partial charge is 0.340 e. The summed E-state index contributed by atoms with van der Waals surface area (Å²) in [6.07, 6.45) is 2.42. The lowest BCUT2D eigenvalue weighted by Gasteiger charge is -2.11. The molecule has 2 aromatic carbocycles. The standard InChI is InChI=1S/C21H24Cl2N2/c1-3-4-11-24-13-19-15(2)25(21-8-6-5-7-18(19)21)14-16-9-10-17(22)12-20(16)23/h5-10,12,24H,3-4,11,13-14H2,1-2H3. The zero-order valence-electron chi connectivity index (χ0n) is 14.8. The lowest BCUT2D eigenvalue weighted by molar-refractivity contribution is 0.638. The number of benzene rings is 2. The number of nitrogens with one attached hydrogen (secondary N) is 1. The average Bonchev–Trinajstić information content (AvgIpc) is 2.86. The Bertz CT molecular complexity index is 868. The van der Waals surface area contributed by atoms with Crippen molar-refractivity contribution in [1.29, 1.82) is 0 Å². The number of para-hydroxylation sites is 1. The third-order valence-electron chi connectivity index (χ3n) is 4.71. The van der Waals surface area contributed by atoms with E-state index in [2.05, 4.69) is 48.0 Å². The van der Waals surface area contributed by atoms with Gasteiger partial charge < -0.3 is 9.88 Å². The van der Waals surface area contributed by atoms with Gasteiger partial charge in [0.15, 0.2) is 0 Å². The molecule has 3 aromatic rings. The first-order valence-corrected chi connectivity index (χ1v) is 9.58. The van der Waals surface area contributed by atoms with E-state index in [1.807, 2.05) is 18.2 Å². The van der Waals surface area contributed by atoms with E-state index in [9.17, 15) is 0 Å². The maximum atomic E-state index is 6.40. The minimum absolute atomic E-state index is 0.670. The van der Waals surface area contributed by atoms with E-state index < -0.39 is 0 Å². The number of aromatic nitrogens is 1. The van der Waals surface area contributed by atoms with E-state index in [1.54, 1.807) is 0 Å². The first-order chi connectivity index (χ1) is 12.1. The molecule has 0 aliphatic rings. The summed E-state index contributed by atoms with van der Waals surface area (Å²) in [6.45, 7) is 7.11. The Balaban J connectivity index is 1.96. The molecule has 1 heterocycles. The van der Waals surface area contributed by atoms with Crippen LogP contribution in [0.4, 0.5) is 0 Å². The van der Waals surface area contributed by atoms with Gasteiger partial charge in [0.25, 0.3) is 0 Å². The number of unbranched alkanes of at least 4 members (excludes halogenated alkanes) is 1. The van der Waals surface area contributed by atoms with Crippen molar-refractivity contribution in [1.82, 2.24) is 9.88 Å². The molecule has 132 valence electrons. The minimum Gasteiger partial charge on any atom is -0.340 e. The molecule has 4 heteroatoms. The van der Waals surface area contributed by atoms with Gasteiger partial charge in [-0.05, 0) is 49.2 Å². The van der Waals surface area contributed by atoms with Crippen molar-refractivity contribution < 1.29 is 0 Å².